The van der Waals surface area contributed by atoms with Gasteiger partial charge in [-0.15, -0.1) is 0 Å². The van der Waals surface area contributed by atoms with Gasteiger partial charge in [-0.2, -0.15) is 0 Å². The molecule has 0 bridgehead atoms. The molecular formula is C30H22BrN3. The Hall–Kier alpha value is -3.63. The molecule has 34 heavy (non-hydrogen) atoms. The van der Waals surface area contributed by atoms with Crippen molar-refractivity contribution in [3.8, 4) is 45.3 Å². The highest BCUT2D eigenvalue weighted by Gasteiger charge is 2.35. The predicted molar refractivity (Wildman–Crippen MR) is 141 cm³/mol. The summed E-state index contributed by atoms with van der Waals surface area (Å²) in [6.45, 7) is 4.58. The van der Waals surface area contributed by atoms with Crippen molar-refractivity contribution in [2.24, 2.45) is 0 Å². The van der Waals surface area contributed by atoms with E-state index in [2.05, 4.69) is 72.2 Å². The van der Waals surface area contributed by atoms with Crippen LogP contribution in [0, 0.1) is 0 Å². The van der Waals surface area contributed by atoms with Crippen molar-refractivity contribution >= 4 is 15.9 Å². The van der Waals surface area contributed by atoms with Gasteiger partial charge in [0.15, 0.2) is 17.5 Å². The van der Waals surface area contributed by atoms with E-state index >= 15 is 0 Å². The summed E-state index contributed by atoms with van der Waals surface area (Å²) >= 11 is 3.58. The molecule has 0 aliphatic heterocycles. The number of hydrogen-bond donors (Lipinski definition) is 0. The van der Waals surface area contributed by atoms with E-state index in [-0.39, 0.29) is 5.41 Å². The van der Waals surface area contributed by atoms with Crippen LogP contribution in [0.2, 0.25) is 0 Å². The molecule has 6 rings (SSSR count). The molecule has 3 nitrogen and oxygen atoms in total. The number of nitrogens with zero attached hydrogens (tertiary/aromatic N) is 3. The number of fused-ring (bicyclic) bond motifs is 3. The molecule has 0 saturated carbocycles. The van der Waals surface area contributed by atoms with Crippen molar-refractivity contribution in [1.29, 1.82) is 0 Å². The number of benzene rings is 4. The molecule has 0 N–H and O–H groups in total. The predicted octanol–water partition coefficient (Wildman–Crippen LogP) is 7.94. The first kappa shape index (κ1) is 20.9. The van der Waals surface area contributed by atoms with Gasteiger partial charge in [0.1, 0.15) is 0 Å². The molecule has 1 heterocycles. The smallest absolute Gasteiger partial charge is 0.164 e. The van der Waals surface area contributed by atoms with Gasteiger partial charge in [-0.25, -0.2) is 15.0 Å². The highest BCUT2D eigenvalue weighted by molar-refractivity contribution is 9.10. The van der Waals surface area contributed by atoms with E-state index in [4.69, 9.17) is 15.0 Å². The zero-order valence-corrected chi connectivity index (χ0v) is 20.5. The Morgan fingerprint density at radius 2 is 1.12 bits per heavy atom. The van der Waals surface area contributed by atoms with Crippen LogP contribution in [0.3, 0.4) is 0 Å². The van der Waals surface area contributed by atoms with E-state index in [1.54, 1.807) is 0 Å². The molecule has 4 heteroatoms. The van der Waals surface area contributed by atoms with E-state index in [0.717, 1.165) is 21.2 Å². The Balaban J connectivity index is 1.54. The maximum Gasteiger partial charge on any atom is 0.164 e. The molecular weight excluding hydrogens is 482 g/mol. The lowest BCUT2D eigenvalue weighted by atomic mass is 9.82. The first-order valence-corrected chi connectivity index (χ1v) is 12.1. The van der Waals surface area contributed by atoms with Gasteiger partial charge in [0, 0.05) is 26.6 Å². The molecule has 0 saturated heterocycles. The lowest BCUT2D eigenvalue weighted by Crippen LogP contribution is -2.15. The third-order valence-electron chi connectivity index (χ3n) is 6.59. The molecule has 5 aromatic rings. The van der Waals surface area contributed by atoms with Gasteiger partial charge in [0.2, 0.25) is 0 Å². The van der Waals surface area contributed by atoms with Crippen LogP contribution in [0.5, 0.6) is 0 Å². The maximum atomic E-state index is 4.92. The van der Waals surface area contributed by atoms with Gasteiger partial charge in [0.05, 0.1) is 0 Å². The Kier molecular flexibility index (Phi) is 4.93. The maximum absolute atomic E-state index is 4.92. The average molecular weight is 504 g/mol. The minimum atomic E-state index is -0.0790. The zero-order valence-electron chi connectivity index (χ0n) is 19.0. The van der Waals surface area contributed by atoms with Crippen molar-refractivity contribution < 1.29 is 0 Å². The minimum absolute atomic E-state index is 0.0790. The third kappa shape index (κ3) is 3.46. The molecule has 1 aromatic heterocycles. The summed E-state index contributed by atoms with van der Waals surface area (Å²) in [5.74, 6) is 2.01. The topological polar surface area (TPSA) is 38.7 Å². The van der Waals surface area contributed by atoms with Crippen LogP contribution in [0.25, 0.3) is 45.3 Å². The SMILES string of the molecule is CC1(C)c2ccccc2-c2ccc(-c3nc(-c4ccccc4)nc(-c4cccc(Br)c4)n3)cc21. The summed E-state index contributed by atoms with van der Waals surface area (Å²) in [6.07, 6.45) is 0. The second-order valence-corrected chi connectivity index (χ2v) is 10.0. The van der Waals surface area contributed by atoms with Crippen molar-refractivity contribution in [2.45, 2.75) is 19.3 Å². The lowest BCUT2D eigenvalue weighted by Gasteiger charge is -2.21. The van der Waals surface area contributed by atoms with Crippen molar-refractivity contribution in [3.05, 3.63) is 113 Å². The normalized spacial score (nSPS) is 13.4. The Bertz CT molecular complexity index is 1540. The van der Waals surface area contributed by atoms with E-state index in [0.29, 0.717) is 17.5 Å². The summed E-state index contributed by atoms with van der Waals surface area (Å²) in [5.41, 5.74) is 8.09. The monoisotopic (exact) mass is 503 g/mol. The van der Waals surface area contributed by atoms with Gasteiger partial charge in [-0.3, -0.25) is 0 Å². The summed E-state index contributed by atoms with van der Waals surface area (Å²) < 4.78 is 0.991. The highest BCUT2D eigenvalue weighted by atomic mass is 79.9. The molecule has 4 aromatic carbocycles. The molecule has 0 atom stereocenters. The van der Waals surface area contributed by atoms with Gasteiger partial charge < -0.3 is 0 Å². The molecule has 0 spiro atoms. The quantitative estimate of drug-likeness (QED) is 0.250. The van der Waals surface area contributed by atoms with E-state index in [1.165, 1.54) is 22.3 Å². The fourth-order valence-electron chi connectivity index (χ4n) is 4.82. The lowest BCUT2D eigenvalue weighted by molar-refractivity contribution is 0.660. The first-order valence-electron chi connectivity index (χ1n) is 11.3. The van der Waals surface area contributed by atoms with Crippen molar-refractivity contribution in [1.82, 2.24) is 15.0 Å². The van der Waals surface area contributed by atoms with Gasteiger partial charge in [0.25, 0.3) is 0 Å². The molecule has 0 unspecified atom stereocenters. The molecule has 0 fully saturated rings. The van der Waals surface area contributed by atoms with Crippen LogP contribution in [0.15, 0.2) is 102 Å². The Morgan fingerprint density at radius 1 is 0.529 bits per heavy atom. The number of aromatic nitrogens is 3. The van der Waals surface area contributed by atoms with Crippen LogP contribution >= 0.6 is 15.9 Å². The van der Waals surface area contributed by atoms with E-state index in [9.17, 15) is 0 Å². The molecule has 164 valence electrons. The number of halogens is 1. The van der Waals surface area contributed by atoms with Crippen LogP contribution in [0.4, 0.5) is 0 Å². The van der Waals surface area contributed by atoms with Gasteiger partial charge in [-0.1, -0.05) is 109 Å². The van der Waals surface area contributed by atoms with Crippen molar-refractivity contribution in [3.63, 3.8) is 0 Å². The standard InChI is InChI=1S/C30H22BrN3/c1-30(2)25-14-7-6-13-23(25)24-16-15-21(18-26(24)30)29-33-27(19-9-4-3-5-10-19)32-28(34-29)20-11-8-12-22(31)17-20/h3-18H,1-2H3. The summed E-state index contributed by atoms with van der Waals surface area (Å²) in [7, 11) is 0. The fourth-order valence-corrected chi connectivity index (χ4v) is 5.22. The molecule has 0 amide bonds. The number of hydrogen-bond acceptors (Lipinski definition) is 3. The van der Waals surface area contributed by atoms with Crippen LogP contribution in [0.1, 0.15) is 25.0 Å². The zero-order chi connectivity index (χ0) is 23.3. The highest BCUT2D eigenvalue weighted by Crippen LogP contribution is 2.49. The minimum Gasteiger partial charge on any atom is -0.208 e. The molecule has 1 aliphatic carbocycles. The van der Waals surface area contributed by atoms with Crippen LogP contribution in [-0.4, -0.2) is 15.0 Å². The summed E-state index contributed by atoms with van der Waals surface area (Å²) in [5, 5.41) is 0. The Labute approximate surface area is 207 Å². The Morgan fingerprint density at radius 3 is 1.85 bits per heavy atom. The third-order valence-corrected chi connectivity index (χ3v) is 7.09. The second kappa shape index (κ2) is 8.00. The van der Waals surface area contributed by atoms with Crippen LogP contribution in [-0.2, 0) is 5.41 Å². The first-order chi connectivity index (χ1) is 16.5. The van der Waals surface area contributed by atoms with E-state index < -0.39 is 0 Å². The fraction of sp³-hybridized carbons (Fsp3) is 0.100. The van der Waals surface area contributed by atoms with Gasteiger partial charge in [-0.05, 0) is 40.5 Å². The molecule has 1 aliphatic rings. The molecule has 0 radical (unpaired) electrons. The largest absolute Gasteiger partial charge is 0.208 e. The number of rotatable bonds is 3. The summed E-state index contributed by atoms with van der Waals surface area (Å²) in [6, 6.07) is 33.4. The van der Waals surface area contributed by atoms with Crippen LogP contribution < -0.4 is 0 Å². The van der Waals surface area contributed by atoms with E-state index in [1.807, 2.05) is 54.6 Å². The average Bonchev–Trinajstić information content (AvgIpc) is 3.11. The summed E-state index contributed by atoms with van der Waals surface area (Å²) in [4.78, 5) is 14.7. The van der Waals surface area contributed by atoms with Gasteiger partial charge >= 0.3 is 0 Å². The second-order valence-electron chi connectivity index (χ2n) is 9.11. The van der Waals surface area contributed by atoms with Crippen molar-refractivity contribution in [2.75, 3.05) is 0 Å².